The molecule has 7 heteroatoms. The molecule has 22 heavy (non-hydrogen) atoms. The largest absolute Gasteiger partial charge is 0.491 e. The molecule has 0 bridgehead atoms. The van der Waals surface area contributed by atoms with Gasteiger partial charge >= 0.3 is 6.18 Å². The van der Waals surface area contributed by atoms with Gasteiger partial charge in [0.05, 0.1) is 5.56 Å². The fourth-order valence-electron chi connectivity index (χ4n) is 2.44. The molecule has 1 aliphatic rings. The van der Waals surface area contributed by atoms with Crippen LogP contribution < -0.4 is 10.5 Å². The Morgan fingerprint density at radius 2 is 2.00 bits per heavy atom. The van der Waals surface area contributed by atoms with E-state index in [2.05, 4.69) is 4.90 Å². The number of halogens is 3. The minimum atomic E-state index is -4.40. The third kappa shape index (κ3) is 5.15. The standard InChI is InChI=1S/C15H21F3N2O2/c16-15(17,18)11-2-1-3-14(8-11)22-10-13(21)9-20-6-4-12(19)5-7-20/h1-3,8,12-13,21H,4-7,9-10,19H2. The van der Waals surface area contributed by atoms with Crippen molar-refractivity contribution >= 4 is 0 Å². The topological polar surface area (TPSA) is 58.7 Å². The van der Waals surface area contributed by atoms with Crippen LogP contribution in [-0.4, -0.2) is 48.4 Å². The fraction of sp³-hybridized carbons (Fsp3) is 0.600. The Balaban J connectivity index is 1.80. The van der Waals surface area contributed by atoms with Crippen LogP contribution in [0.2, 0.25) is 0 Å². The second-order valence-corrected chi connectivity index (χ2v) is 5.63. The van der Waals surface area contributed by atoms with Gasteiger partial charge in [0.25, 0.3) is 0 Å². The lowest BCUT2D eigenvalue weighted by molar-refractivity contribution is -0.137. The van der Waals surface area contributed by atoms with Crippen molar-refractivity contribution in [1.82, 2.24) is 4.90 Å². The van der Waals surface area contributed by atoms with E-state index < -0.39 is 17.8 Å². The summed E-state index contributed by atoms with van der Waals surface area (Å²) in [7, 11) is 0. The number of ether oxygens (including phenoxy) is 1. The van der Waals surface area contributed by atoms with E-state index in [4.69, 9.17) is 10.5 Å². The van der Waals surface area contributed by atoms with Crippen LogP contribution in [0.3, 0.4) is 0 Å². The predicted molar refractivity (Wildman–Crippen MR) is 76.6 cm³/mol. The number of hydrogen-bond acceptors (Lipinski definition) is 4. The van der Waals surface area contributed by atoms with E-state index >= 15 is 0 Å². The first kappa shape index (κ1) is 17.1. The van der Waals surface area contributed by atoms with Crippen LogP contribution in [0.25, 0.3) is 0 Å². The summed E-state index contributed by atoms with van der Waals surface area (Å²) in [5.41, 5.74) is 5.05. The van der Waals surface area contributed by atoms with Crippen molar-refractivity contribution < 1.29 is 23.0 Å². The van der Waals surface area contributed by atoms with Crippen molar-refractivity contribution in [1.29, 1.82) is 0 Å². The molecule has 0 aliphatic carbocycles. The first-order valence-electron chi connectivity index (χ1n) is 7.30. The number of nitrogens with zero attached hydrogens (tertiary/aromatic N) is 1. The Labute approximate surface area is 127 Å². The first-order chi connectivity index (χ1) is 10.3. The Bertz CT molecular complexity index is 474. The zero-order valence-electron chi connectivity index (χ0n) is 12.2. The lowest BCUT2D eigenvalue weighted by Crippen LogP contribution is -2.44. The van der Waals surface area contributed by atoms with Gasteiger partial charge in [-0.3, -0.25) is 0 Å². The van der Waals surface area contributed by atoms with Crippen molar-refractivity contribution in [3.63, 3.8) is 0 Å². The van der Waals surface area contributed by atoms with Crippen molar-refractivity contribution in [2.75, 3.05) is 26.2 Å². The molecule has 0 spiro atoms. The van der Waals surface area contributed by atoms with Crippen LogP contribution in [0.5, 0.6) is 5.75 Å². The zero-order chi connectivity index (χ0) is 16.2. The Morgan fingerprint density at radius 1 is 1.32 bits per heavy atom. The summed E-state index contributed by atoms with van der Waals surface area (Å²) in [6, 6.07) is 4.88. The number of rotatable bonds is 5. The van der Waals surface area contributed by atoms with Gasteiger partial charge in [-0.2, -0.15) is 13.2 Å². The molecule has 1 fully saturated rings. The number of benzene rings is 1. The second kappa shape index (κ2) is 7.30. The molecule has 1 atom stereocenters. The highest BCUT2D eigenvalue weighted by Gasteiger charge is 2.30. The van der Waals surface area contributed by atoms with Gasteiger partial charge in [0.15, 0.2) is 0 Å². The summed E-state index contributed by atoms with van der Waals surface area (Å²) < 4.78 is 43.0. The van der Waals surface area contributed by atoms with Gasteiger partial charge < -0.3 is 20.5 Å². The summed E-state index contributed by atoms with van der Waals surface area (Å²) in [4.78, 5) is 2.09. The molecule has 0 saturated carbocycles. The molecule has 0 aromatic heterocycles. The van der Waals surface area contributed by atoms with Gasteiger partial charge in [-0.15, -0.1) is 0 Å². The lowest BCUT2D eigenvalue weighted by Gasteiger charge is -2.31. The number of likely N-dealkylation sites (tertiary alicyclic amines) is 1. The number of β-amino-alcohol motifs (C(OH)–C–C–N with tert-alkyl or cyclic N) is 1. The highest BCUT2D eigenvalue weighted by atomic mass is 19.4. The minimum absolute atomic E-state index is 0.0378. The number of aliphatic hydroxyl groups excluding tert-OH is 1. The molecular formula is C15H21F3N2O2. The number of hydrogen-bond donors (Lipinski definition) is 2. The molecule has 1 saturated heterocycles. The normalized spacial score (nSPS) is 19.1. The summed E-state index contributed by atoms with van der Waals surface area (Å²) in [6.07, 6.45) is -3.36. The van der Waals surface area contributed by atoms with Gasteiger partial charge in [-0.1, -0.05) is 6.07 Å². The van der Waals surface area contributed by atoms with Crippen LogP contribution in [0.4, 0.5) is 13.2 Å². The minimum Gasteiger partial charge on any atom is -0.491 e. The average Bonchev–Trinajstić information content (AvgIpc) is 2.47. The molecule has 4 nitrogen and oxygen atoms in total. The molecule has 1 aromatic rings. The van der Waals surface area contributed by atoms with Gasteiger partial charge in [-0.05, 0) is 44.1 Å². The molecule has 1 unspecified atom stereocenters. The van der Waals surface area contributed by atoms with Gasteiger partial charge in [-0.25, -0.2) is 0 Å². The fourth-order valence-corrected chi connectivity index (χ4v) is 2.44. The first-order valence-corrected chi connectivity index (χ1v) is 7.30. The number of piperidine rings is 1. The number of alkyl halides is 3. The monoisotopic (exact) mass is 318 g/mol. The summed E-state index contributed by atoms with van der Waals surface area (Å²) in [5.74, 6) is 0.106. The highest BCUT2D eigenvalue weighted by molar-refractivity contribution is 5.30. The Hall–Kier alpha value is -1.31. The zero-order valence-corrected chi connectivity index (χ0v) is 12.2. The maximum atomic E-state index is 12.6. The molecule has 1 aromatic carbocycles. The Kier molecular flexibility index (Phi) is 5.66. The molecule has 1 aliphatic heterocycles. The van der Waals surface area contributed by atoms with Crippen molar-refractivity contribution in [3.05, 3.63) is 29.8 Å². The molecule has 3 N–H and O–H groups in total. The van der Waals surface area contributed by atoms with E-state index in [1.54, 1.807) is 0 Å². The average molecular weight is 318 g/mol. The summed E-state index contributed by atoms with van der Waals surface area (Å²) in [6.45, 7) is 2.04. The van der Waals surface area contributed by atoms with Gasteiger partial charge in [0.1, 0.15) is 18.5 Å². The number of aliphatic hydroxyl groups is 1. The van der Waals surface area contributed by atoms with Crippen molar-refractivity contribution in [3.8, 4) is 5.75 Å². The predicted octanol–water partition coefficient (Wildman–Crippen LogP) is 1.87. The molecule has 0 radical (unpaired) electrons. The van der Waals surface area contributed by atoms with Crippen molar-refractivity contribution in [2.45, 2.75) is 31.2 Å². The van der Waals surface area contributed by atoms with Crippen LogP contribution >= 0.6 is 0 Å². The molecule has 1 heterocycles. The molecule has 124 valence electrons. The van der Waals surface area contributed by atoms with Crippen molar-refractivity contribution in [2.24, 2.45) is 5.73 Å². The van der Waals surface area contributed by atoms with E-state index in [1.807, 2.05) is 0 Å². The van der Waals surface area contributed by atoms with E-state index in [9.17, 15) is 18.3 Å². The SMILES string of the molecule is NC1CCN(CC(O)COc2cccc(C(F)(F)F)c2)CC1. The molecular weight excluding hydrogens is 297 g/mol. The number of nitrogens with two attached hydrogens (primary N) is 1. The third-order valence-corrected chi connectivity index (χ3v) is 3.70. The van der Waals surface area contributed by atoms with E-state index in [0.29, 0.717) is 6.54 Å². The van der Waals surface area contributed by atoms with Crippen LogP contribution in [0.15, 0.2) is 24.3 Å². The smallest absolute Gasteiger partial charge is 0.416 e. The molecule has 2 rings (SSSR count). The third-order valence-electron chi connectivity index (χ3n) is 3.70. The quantitative estimate of drug-likeness (QED) is 0.870. The highest BCUT2D eigenvalue weighted by Crippen LogP contribution is 2.31. The van der Waals surface area contributed by atoms with E-state index in [1.165, 1.54) is 12.1 Å². The Morgan fingerprint density at radius 3 is 2.64 bits per heavy atom. The summed E-state index contributed by atoms with van der Waals surface area (Å²) >= 11 is 0. The van der Waals surface area contributed by atoms with E-state index in [0.717, 1.165) is 38.1 Å². The van der Waals surface area contributed by atoms with Gasteiger partial charge in [0, 0.05) is 12.6 Å². The van der Waals surface area contributed by atoms with Crippen LogP contribution in [0.1, 0.15) is 18.4 Å². The molecule has 0 amide bonds. The van der Waals surface area contributed by atoms with Gasteiger partial charge in [0.2, 0.25) is 0 Å². The second-order valence-electron chi connectivity index (χ2n) is 5.63. The maximum absolute atomic E-state index is 12.6. The van der Waals surface area contributed by atoms with Crippen LogP contribution in [0, 0.1) is 0 Å². The summed E-state index contributed by atoms with van der Waals surface area (Å²) in [5, 5.41) is 9.94. The van der Waals surface area contributed by atoms with Crippen LogP contribution in [-0.2, 0) is 6.18 Å². The van der Waals surface area contributed by atoms with E-state index in [-0.39, 0.29) is 18.4 Å². The maximum Gasteiger partial charge on any atom is 0.416 e. The lowest BCUT2D eigenvalue weighted by atomic mass is 10.1.